The van der Waals surface area contributed by atoms with Crippen molar-refractivity contribution >= 4 is 38.1 Å². The monoisotopic (exact) mass is 665 g/mol. The van der Waals surface area contributed by atoms with Gasteiger partial charge in [0.15, 0.2) is 5.78 Å². The average molecular weight is 665 g/mol. The summed E-state index contributed by atoms with van der Waals surface area (Å²) >= 11 is 1.75. The van der Waals surface area contributed by atoms with Crippen molar-refractivity contribution in [1.82, 2.24) is 4.98 Å². The molecule has 4 rings (SSSR count). The Hall–Kier alpha value is -2.33. The molecule has 35 heavy (non-hydrogen) atoms. The Morgan fingerprint density at radius 3 is 2.23 bits per heavy atom. The second-order valence-electron chi connectivity index (χ2n) is 10.8. The van der Waals surface area contributed by atoms with Crippen LogP contribution in [0.3, 0.4) is 0 Å². The zero-order valence-electron chi connectivity index (χ0n) is 21.7. The van der Waals surface area contributed by atoms with E-state index in [1.165, 1.54) is 27.1 Å². The third-order valence-electron chi connectivity index (χ3n) is 5.49. The zero-order chi connectivity index (χ0) is 25.3. The summed E-state index contributed by atoms with van der Waals surface area (Å²) in [6, 6.07) is 18.3. The predicted molar refractivity (Wildman–Crippen MR) is 146 cm³/mol. The van der Waals surface area contributed by atoms with Crippen molar-refractivity contribution in [2.45, 2.75) is 55.4 Å². The molecule has 0 saturated heterocycles. The molecule has 3 nitrogen and oxygen atoms in total. The van der Waals surface area contributed by atoms with Gasteiger partial charge in [0.25, 0.3) is 0 Å². The van der Waals surface area contributed by atoms with Gasteiger partial charge in [-0.15, -0.1) is 34.9 Å². The van der Waals surface area contributed by atoms with E-state index in [2.05, 4.69) is 61.7 Å². The van der Waals surface area contributed by atoms with Crippen LogP contribution in [0.1, 0.15) is 52.7 Å². The molecule has 0 bridgehead atoms. The number of para-hydroxylation sites is 1. The van der Waals surface area contributed by atoms with Crippen LogP contribution in [0, 0.1) is 30.7 Å². The Bertz CT molecular complexity index is 1350. The molecule has 0 amide bonds. The smallest absolute Gasteiger partial charge is 0.164 e. The number of carbonyl (C=O) groups excluding carboxylic acids is 1. The molecule has 5 heteroatoms. The minimum Gasteiger partial charge on any atom is -0.512 e. The van der Waals surface area contributed by atoms with Crippen molar-refractivity contribution in [2.24, 2.45) is 10.8 Å². The number of aliphatic hydroxyl groups excluding tert-OH is 1. The largest absolute Gasteiger partial charge is 0.512 e. The van der Waals surface area contributed by atoms with Crippen LogP contribution in [0.15, 0.2) is 59.7 Å². The maximum absolute atomic E-state index is 11.5. The summed E-state index contributed by atoms with van der Waals surface area (Å²) in [6.07, 6.45) is 1.33. The van der Waals surface area contributed by atoms with Crippen LogP contribution >= 0.6 is 11.3 Å². The molecule has 0 fully saturated rings. The Labute approximate surface area is 226 Å². The van der Waals surface area contributed by atoms with Gasteiger partial charge in [0.05, 0.1) is 5.52 Å². The number of aliphatic hydroxyl groups is 1. The Kier molecular flexibility index (Phi) is 9.21. The van der Waals surface area contributed by atoms with Crippen LogP contribution in [0.5, 0.6) is 0 Å². The second kappa shape index (κ2) is 11.2. The number of nitrogens with zero attached hydrogens (tertiary/aromatic N) is 1. The van der Waals surface area contributed by atoms with Crippen LogP contribution in [0.4, 0.5) is 0 Å². The first-order valence-corrected chi connectivity index (χ1v) is 12.4. The van der Waals surface area contributed by atoms with Crippen molar-refractivity contribution in [2.75, 3.05) is 0 Å². The molecule has 1 N–H and O–H groups in total. The quantitative estimate of drug-likeness (QED) is 0.133. The van der Waals surface area contributed by atoms with Crippen LogP contribution in [-0.4, -0.2) is 15.9 Å². The fraction of sp³-hybridized carbons (Fsp3) is 0.333. The number of thiophene rings is 1. The van der Waals surface area contributed by atoms with E-state index in [0.29, 0.717) is 0 Å². The van der Waals surface area contributed by atoms with Crippen LogP contribution in [-0.2, 0) is 24.9 Å². The van der Waals surface area contributed by atoms with E-state index >= 15 is 0 Å². The standard InChI is InChI=1S/C19H14NS.C11H20O2.Ir/c1-12-9-13(2)11-14(10-12)18-19-16(7-8-21-19)15-5-3-4-6-17(15)20-18;1-10(2,3)8(12)7-9(13)11(4,5)6;/h3-10H,1-2H3;7,12H,1-6H3;/q-1;;/b;8-7-;. The minimum atomic E-state index is -0.417. The van der Waals surface area contributed by atoms with Crippen molar-refractivity contribution in [3.63, 3.8) is 0 Å². The number of hydrogen-bond donors (Lipinski definition) is 1. The summed E-state index contributed by atoms with van der Waals surface area (Å²) < 4.78 is 1.25. The van der Waals surface area contributed by atoms with Gasteiger partial charge >= 0.3 is 0 Å². The number of pyridine rings is 1. The Balaban J connectivity index is 0.000000271. The van der Waals surface area contributed by atoms with Crippen LogP contribution in [0.2, 0.25) is 0 Å². The number of fused-ring (bicyclic) bond motifs is 3. The first-order chi connectivity index (χ1) is 15.8. The summed E-state index contributed by atoms with van der Waals surface area (Å²) in [5, 5.41) is 14.2. The molecule has 2 heterocycles. The van der Waals surface area contributed by atoms with Gasteiger partial charge in [-0.2, -0.15) is 11.3 Å². The molecular formula is C30H34IrNO2S-. The van der Waals surface area contributed by atoms with Crippen molar-refractivity contribution in [3.8, 4) is 11.3 Å². The van der Waals surface area contributed by atoms with Gasteiger partial charge in [-0.25, -0.2) is 0 Å². The zero-order valence-corrected chi connectivity index (χ0v) is 25.0. The Morgan fingerprint density at radius 1 is 0.971 bits per heavy atom. The normalized spacial score (nSPS) is 12.2. The Morgan fingerprint density at radius 2 is 1.63 bits per heavy atom. The number of allylic oxidation sites excluding steroid dienone is 2. The van der Waals surface area contributed by atoms with E-state index in [-0.39, 0.29) is 37.1 Å². The number of benzene rings is 2. The van der Waals surface area contributed by atoms with Gasteiger partial charge in [0.1, 0.15) is 5.76 Å². The first kappa shape index (κ1) is 28.9. The van der Waals surface area contributed by atoms with Crippen molar-refractivity contribution < 1.29 is 30.0 Å². The average Bonchev–Trinajstić information content (AvgIpc) is 3.21. The molecule has 2 aromatic heterocycles. The van der Waals surface area contributed by atoms with E-state index in [9.17, 15) is 9.90 Å². The predicted octanol–water partition coefficient (Wildman–Crippen LogP) is 8.62. The van der Waals surface area contributed by atoms with Gasteiger partial charge in [0, 0.05) is 52.8 Å². The molecule has 1 radical (unpaired) electrons. The minimum absolute atomic E-state index is 0. The fourth-order valence-corrected chi connectivity index (χ4v) is 4.35. The summed E-state index contributed by atoms with van der Waals surface area (Å²) in [6.45, 7) is 15.3. The number of rotatable bonds is 2. The number of aromatic nitrogens is 1. The molecule has 2 aromatic carbocycles. The van der Waals surface area contributed by atoms with Gasteiger partial charge < -0.3 is 5.11 Å². The molecule has 0 unspecified atom stereocenters. The number of carbonyl (C=O) groups is 1. The van der Waals surface area contributed by atoms with E-state index in [4.69, 9.17) is 4.98 Å². The third kappa shape index (κ3) is 7.10. The van der Waals surface area contributed by atoms with Crippen molar-refractivity contribution in [3.05, 3.63) is 76.9 Å². The molecule has 0 aliphatic heterocycles. The summed E-state index contributed by atoms with van der Waals surface area (Å²) in [5.41, 5.74) is 4.83. The maximum atomic E-state index is 11.5. The molecular weight excluding hydrogens is 631 g/mol. The second-order valence-corrected chi connectivity index (χ2v) is 11.7. The molecule has 0 aliphatic rings. The fourth-order valence-electron chi connectivity index (χ4n) is 3.44. The first-order valence-electron chi connectivity index (χ1n) is 11.5. The maximum Gasteiger partial charge on any atom is 0.164 e. The topological polar surface area (TPSA) is 50.2 Å². The van der Waals surface area contributed by atoms with E-state index in [0.717, 1.165) is 22.3 Å². The van der Waals surface area contributed by atoms with Crippen LogP contribution < -0.4 is 0 Å². The van der Waals surface area contributed by atoms with Gasteiger partial charge in [-0.3, -0.25) is 9.78 Å². The van der Waals surface area contributed by atoms with Crippen LogP contribution in [0.25, 0.3) is 32.2 Å². The van der Waals surface area contributed by atoms with Gasteiger partial charge in [0.2, 0.25) is 0 Å². The summed E-state index contributed by atoms with van der Waals surface area (Å²) in [4.78, 5) is 16.4. The molecule has 0 aliphatic carbocycles. The molecule has 0 atom stereocenters. The van der Waals surface area contributed by atoms with E-state index in [1.54, 1.807) is 11.3 Å². The number of hydrogen-bond acceptors (Lipinski definition) is 4. The molecule has 0 saturated carbocycles. The van der Waals surface area contributed by atoms with Crippen molar-refractivity contribution in [1.29, 1.82) is 0 Å². The molecule has 0 spiro atoms. The number of ketones is 1. The third-order valence-corrected chi connectivity index (χ3v) is 6.41. The van der Waals surface area contributed by atoms with E-state index in [1.807, 2.05) is 47.6 Å². The molecule has 187 valence electrons. The summed E-state index contributed by atoms with van der Waals surface area (Å²) in [7, 11) is 0. The number of aryl methyl sites for hydroxylation is 2. The van der Waals surface area contributed by atoms with Gasteiger partial charge in [-0.1, -0.05) is 73.6 Å². The summed E-state index contributed by atoms with van der Waals surface area (Å²) in [5.74, 6) is 0.104. The van der Waals surface area contributed by atoms with E-state index < -0.39 is 5.41 Å². The molecule has 4 aromatic rings. The van der Waals surface area contributed by atoms with Gasteiger partial charge in [-0.05, 0) is 22.9 Å². The SMILES string of the molecule is CC(C)(C)C(=O)/C=C(\O)C(C)(C)C.Cc1[c-]c(-c2nc3ccccc3c3ccsc23)cc(C)c1.[Ir].